The van der Waals surface area contributed by atoms with E-state index in [4.69, 9.17) is 0 Å². The van der Waals surface area contributed by atoms with E-state index in [9.17, 15) is 4.79 Å². The molecule has 1 aliphatic carbocycles. The minimum absolute atomic E-state index is 0.0665. The lowest BCUT2D eigenvalue weighted by Gasteiger charge is -2.32. The van der Waals surface area contributed by atoms with Crippen molar-refractivity contribution in [1.82, 2.24) is 15.2 Å². The van der Waals surface area contributed by atoms with E-state index in [1.165, 1.54) is 49.9 Å². The predicted molar refractivity (Wildman–Crippen MR) is 83.2 cm³/mol. The molecule has 4 nitrogen and oxygen atoms in total. The molecule has 2 N–H and O–H groups in total. The van der Waals surface area contributed by atoms with Gasteiger partial charge in [-0.25, -0.2) is 0 Å². The van der Waals surface area contributed by atoms with Gasteiger partial charge < -0.3 is 10.3 Å². The Kier molecular flexibility index (Phi) is 4.91. The fourth-order valence-corrected chi connectivity index (χ4v) is 4.23. The summed E-state index contributed by atoms with van der Waals surface area (Å²) in [7, 11) is 0. The van der Waals surface area contributed by atoms with Gasteiger partial charge >= 0.3 is 4.87 Å². The maximum absolute atomic E-state index is 11.2. The van der Waals surface area contributed by atoms with Crippen molar-refractivity contribution in [3.63, 3.8) is 0 Å². The predicted octanol–water partition coefficient (Wildman–Crippen LogP) is 2.18. The third kappa shape index (κ3) is 3.71. The van der Waals surface area contributed by atoms with Crippen molar-refractivity contribution in [2.45, 2.75) is 51.1 Å². The summed E-state index contributed by atoms with van der Waals surface area (Å²) in [5, 5.41) is 5.73. The van der Waals surface area contributed by atoms with E-state index >= 15 is 0 Å². The van der Waals surface area contributed by atoms with E-state index in [1.807, 2.05) is 5.38 Å². The van der Waals surface area contributed by atoms with Crippen molar-refractivity contribution in [3.8, 4) is 0 Å². The molecule has 1 aliphatic heterocycles. The molecule has 112 valence electrons. The molecule has 1 unspecified atom stereocenters. The summed E-state index contributed by atoms with van der Waals surface area (Å²) in [6.45, 7) is 4.29. The number of hydrogen-bond acceptors (Lipinski definition) is 4. The van der Waals surface area contributed by atoms with Crippen LogP contribution in [0.15, 0.2) is 10.2 Å². The minimum Gasteiger partial charge on any atom is -0.315 e. The molecular weight excluding hydrogens is 270 g/mol. The van der Waals surface area contributed by atoms with Crippen molar-refractivity contribution in [3.05, 3.63) is 20.7 Å². The molecule has 0 amide bonds. The van der Waals surface area contributed by atoms with Gasteiger partial charge in [-0.05, 0) is 38.3 Å². The summed E-state index contributed by atoms with van der Waals surface area (Å²) in [5.74, 6) is 0.853. The highest BCUT2D eigenvalue weighted by Gasteiger charge is 2.26. The number of aromatic amines is 1. The lowest BCUT2D eigenvalue weighted by Crippen LogP contribution is -2.43. The zero-order valence-electron chi connectivity index (χ0n) is 12.1. The van der Waals surface area contributed by atoms with E-state index in [2.05, 4.69) is 15.2 Å². The van der Waals surface area contributed by atoms with E-state index in [0.717, 1.165) is 37.8 Å². The van der Waals surface area contributed by atoms with Crippen LogP contribution in [0.2, 0.25) is 0 Å². The summed E-state index contributed by atoms with van der Waals surface area (Å²) >= 11 is 1.27. The molecule has 1 aromatic rings. The fourth-order valence-electron chi connectivity index (χ4n) is 3.65. The van der Waals surface area contributed by atoms with Gasteiger partial charge in [0.25, 0.3) is 0 Å². The molecule has 0 radical (unpaired) electrons. The second kappa shape index (κ2) is 6.87. The maximum atomic E-state index is 11.2. The maximum Gasteiger partial charge on any atom is 0.304 e. The monoisotopic (exact) mass is 295 g/mol. The summed E-state index contributed by atoms with van der Waals surface area (Å²) in [6.07, 6.45) is 8.21. The Morgan fingerprint density at radius 1 is 1.25 bits per heavy atom. The van der Waals surface area contributed by atoms with E-state index in [0.29, 0.717) is 6.04 Å². The molecule has 1 aromatic heterocycles. The largest absolute Gasteiger partial charge is 0.315 e. The molecule has 0 spiro atoms. The third-order valence-corrected chi connectivity index (χ3v) is 5.41. The van der Waals surface area contributed by atoms with Crippen LogP contribution in [0.1, 0.15) is 44.2 Å². The highest BCUT2D eigenvalue weighted by molar-refractivity contribution is 7.07. The van der Waals surface area contributed by atoms with Crippen LogP contribution in [0.3, 0.4) is 0 Å². The minimum atomic E-state index is 0.0665. The molecule has 3 rings (SSSR count). The van der Waals surface area contributed by atoms with Crippen LogP contribution in [-0.2, 0) is 6.54 Å². The second-order valence-electron chi connectivity index (χ2n) is 6.22. The molecule has 5 heteroatoms. The van der Waals surface area contributed by atoms with E-state index in [-0.39, 0.29) is 4.87 Å². The summed E-state index contributed by atoms with van der Waals surface area (Å²) in [4.78, 5) is 16.8. The van der Waals surface area contributed by atoms with Gasteiger partial charge in [0, 0.05) is 30.2 Å². The van der Waals surface area contributed by atoms with Gasteiger partial charge in [-0.2, -0.15) is 0 Å². The van der Waals surface area contributed by atoms with Crippen LogP contribution in [-0.4, -0.2) is 35.6 Å². The lowest BCUT2D eigenvalue weighted by molar-refractivity contribution is 0.200. The van der Waals surface area contributed by atoms with Crippen LogP contribution in [0, 0.1) is 5.92 Å². The molecular formula is C15H25N3OS. The number of nitrogens with zero attached hydrogens (tertiary/aromatic N) is 1. The molecule has 1 saturated carbocycles. The molecule has 1 atom stereocenters. The highest BCUT2D eigenvalue weighted by Crippen LogP contribution is 2.27. The van der Waals surface area contributed by atoms with Crippen molar-refractivity contribution < 1.29 is 0 Å². The molecule has 0 aromatic carbocycles. The number of H-pyrrole nitrogens is 1. The first kappa shape index (κ1) is 14.3. The summed E-state index contributed by atoms with van der Waals surface area (Å²) in [5.41, 5.74) is 1.07. The van der Waals surface area contributed by atoms with Gasteiger partial charge in [0.2, 0.25) is 0 Å². The number of rotatable bonds is 3. The Bertz CT molecular complexity index is 464. The normalized spacial score (nSPS) is 26.5. The molecule has 1 saturated heterocycles. The lowest BCUT2D eigenvalue weighted by atomic mass is 9.83. The summed E-state index contributed by atoms with van der Waals surface area (Å²) in [6, 6.07) is 0.642. The van der Waals surface area contributed by atoms with Gasteiger partial charge in [0.05, 0.1) is 0 Å². The Morgan fingerprint density at radius 2 is 2.10 bits per heavy atom. The average Bonchev–Trinajstić information content (AvgIpc) is 2.74. The first-order valence-corrected chi connectivity index (χ1v) is 8.81. The standard InChI is InChI=1S/C15H25N3OS/c19-15-17-13(11-20-15)9-18-8-4-7-16-14(10-18)12-5-2-1-3-6-12/h11-12,14,16H,1-10H2,(H,17,19). The number of thiazole rings is 1. The van der Waals surface area contributed by atoms with Crippen molar-refractivity contribution >= 4 is 11.3 Å². The van der Waals surface area contributed by atoms with Gasteiger partial charge in [-0.15, -0.1) is 0 Å². The van der Waals surface area contributed by atoms with Gasteiger partial charge in [0.15, 0.2) is 0 Å². The average molecular weight is 295 g/mol. The van der Waals surface area contributed by atoms with Crippen LogP contribution < -0.4 is 10.2 Å². The molecule has 2 aliphatic rings. The van der Waals surface area contributed by atoms with E-state index in [1.54, 1.807) is 0 Å². The fraction of sp³-hybridized carbons (Fsp3) is 0.800. The molecule has 0 bridgehead atoms. The van der Waals surface area contributed by atoms with Crippen molar-refractivity contribution in [2.24, 2.45) is 5.92 Å². The SMILES string of the molecule is O=c1[nH]c(CN2CCCNC(C3CCCCC3)C2)cs1. The second-order valence-corrected chi connectivity index (χ2v) is 7.06. The number of hydrogen-bond donors (Lipinski definition) is 2. The number of nitrogens with one attached hydrogen (secondary N) is 2. The number of aromatic nitrogens is 1. The Hall–Kier alpha value is -0.650. The smallest absolute Gasteiger partial charge is 0.304 e. The quantitative estimate of drug-likeness (QED) is 0.898. The van der Waals surface area contributed by atoms with Crippen LogP contribution in [0.4, 0.5) is 0 Å². The van der Waals surface area contributed by atoms with Crippen LogP contribution in [0.25, 0.3) is 0 Å². The third-order valence-electron chi connectivity index (χ3n) is 4.70. The first-order chi connectivity index (χ1) is 9.81. The molecule has 20 heavy (non-hydrogen) atoms. The Morgan fingerprint density at radius 3 is 2.85 bits per heavy atom. The van der Waals surface area contributed by atoms with Gasteiger partial charge in [0.1, 0.15) is 0 Å². The van der Waals surface area contributed by atoms with Crippen molar-refractivity contribution in [1.29, 1.82) is 0 Å². The molecule has 2 heterocycles. The van der Waals surface area contributed by atoms with Gasteiger partial charge in [-0.1, -0.05) is 30.6 Å². The molecule has 2 fully saturated rings. The van der Waals surface area contributed by atoms with E-state index < -0.39 is 0 Å². The Balaban J connectivity index is 1.60. The van der Waals surface area contributed by atoms with Crippen LogP contribution in [0.5, 0.6) is 0 Å². The first-order valence-electron chi connectivity index (χ1n) is 7.94. The zero-order valence-corrected chi connectivity index (χ0v) is 12.9. The topological polar surface area (TPSA) is 48.1 Å². The van der Waals surface area contributed by atoms with Crippen molar-refractivity contribution in [2.75, 3.05) is 19.6 Å². The van der Waals surface area contributed by atoms with Crippen LogP contribution >= 0.6 is 11.3 Å². The Labute approximate surface area is 124 Å². The summed E-state index contributed by atoms with van der Waals surface area (Å²) < 4.78 is 0. The van der Waals surface area contributed by atoms with Gasteiger partial charge in [-0.3, -0.25) is 9.69 Å². The zero-order chi connectivity index (χ0) is 13.8. The highest BCUT2D eigenvalue weighted by atomic mass is 32.1.